The van der Waals surface area contributed by atoms with Crippen LogP contribution in [-0.2, 0) is 16.6 Å². The number of aryl methyl sites for hydroxylation is 1. The maximum absolute atomic E-state index is 11.3. The molecule has 0 aliphatic carbocycles. The van der Waals surface area contributed by atoms with E-state index in [1.165, 1.54) is 0 Å². The van der Waals surface area contributed by atoms with Crippen LogP contribution < -0.4 is 4.90 Å². The predicted octanol–water partition coefficient (Wildman–Crippen LogP) is 4.49. The quantitative estimate of drug-likeness (QED) is 0.461. The maximum Gasteiger partial charge on any atom is 0.305 e. The number of carbonyl (C=O) groups excluding carboxylic acids is 1. The van der Waals surface area contributed by atoms with Crippen LogP contribution in [0.2, 0.25) is 0 Å². The van der Waals surface area contributed by atoms with Gasteiger partial charge in [0.25, 0.3) is 0 Å². The molecular weight excluding hydrogens is 328 g/mol. The van der Waals surface area contributed by atoms with Crippen molar-refractivity contribution in [2.24, 2.45) is 7.05 Å². The Kier molecular flexibility index (Phi) is 10.8. The lowest BCUT2D eigenvalue weighted by molar-refractivity contribution is -0.143. The molecule has 0 bridgehead atoms. The molecule has 0 aliphatic rings. The number of pyridine rings is 1. The van der Waals surface area contributed by atoms with Gasteiger partial charge in [0.05, 0.1) is 6.61 Å². The average molecular weight is 361 g/mol. The van der Waals surface area contributed by atoms with Gasteiger partial charge in [-0.3, -0.25) is 9.48 Å². The second-order valence-electron chi connectivity index (χ2n) is 5.66. The number of anilines is 2. The van der Waals surface area contributed by atoms with Crippen LogP contribution in [0.15, 0.2) is 36.7 Å². The summed E-state index contributed by atoms with van der Waals surface area (Å²) < 4.78 is 6.73. The van der Waals surface area contributed by atoms with Crippen molar-refractivity contribution >= 4 is 17.6 Å². The van der Waals surface area contributed by atoms with E-state index in [2.05, 4.69) is 15.0 Å². The van der Waals surface area contributed by atoms with E-state index in [9.17, 15) is 4.79 Å². The van der Waals surface area contributed by atoms with Gasteiger partial charge in [0.15, 0.2) is 5.82 Å². The molecular formula is C20H32N4O2. The van der Waals surface area contributed by atoms with Crippen molar-refractivity contribution in [2.45, 2.75) is 52.9 Å². The zero-order valence-electron chi connectivity index (χ0n) is 16.5. The lowest BCUT2D eigenvalue weighted by Gasteiger charge is -2.21. The molecule has 2 heterocycles. The first kappa shape index (κ1) is 21.7. The van der Waals surface area contributed by atoms with Crippen LogP contribution in [-0.4, -0.2) is 33.9 Å². The van der Waals surface area contributed by atoms with E-state index in [-0.39, 0.29) is 5.97 Å². The number of ether oxygens (including phenoxy) is 1. The number of hydrogen-bond donors (Lipinski definition) is 0. The van der Waals surface area contributed by atoms with Crippen LogP contribution in [0.25, 0.3) is 0 Å². The molecule has 0 saturated carbocycles. The molecule has 26 heavy (non-hydrogen) atoms. The Balaban J connectivity index is 0.00000163. The fourth-order valence-corrected chi connectivity index (χ4v) is 2.53. The van der Waals surface area contributed by atoms with Crippen LogP contribution in [0.1, 0.15) is 52.9 Å². The van der Waals surface area contributed by atoms with Crippen molar-refractivity contribution in [1.82, 2.24) is 14.8 Å². The molecule has 2 aromatic heterocycles. The van der Waals surface area contributed by atoms with Gasteiger partial charge in [-0.25, -0.2) is 4.98 Å². The Morgan fingerprint density at radius 3 is 2.50 bits per heavy atom. The largest absolute Gasteiger partial charge is 0.466 e. The fourth-order valence-electron chi connectivity index (χ4n) is 2.53. The molecule has 0 spiro atoms. The lowest BCUT2D eigenvalue weighted by Crippen LogP contribution is -2.20. The minimum absolute atomic E-state index is 0.0962. The molecule has 6 heteroatoms. The van der Waals surface area contributed by atoms with Crippen molar-refractivity contribution in [2.75, 3.05) is 18.1 Å². The topological polar surface area (TPSA) is 60.2 Å². The maximum atomic E-state index is 11.3. The van der Waals surface area contributed by atoms with Crippen LogP contribution in [0.4, 0.5) is 11.6 Å². The Hall–Kier alpha value is -2.37. The number of unbranched alkanes of at least 4 members (excludes halogenated alkanes) is 3. The third-order valence-corrected chi connectivity index (χ3v) is 3.72. The molecule has 0 unspecified atom stereocenters. The number of rotatable bonds is 10. The van der Waals surface area contributed by atoms with Crippen molar-refractivity contribution in [3.8, 4) is 0 Å². The number of esters is 1. The second kappa shape index (κ2) is 12.9. The zero-order chi connectivity index (χ0) is 19.2. The first-order chi connectivity index (χ1) is 12.7. The molecule has 0 aromatic carbocycles. The van der Waals surface area contributed by atoms with Gasteiger partial charge in [0.1, 0.15) is 5.82 Å². The first-order valence-corrected chi connectivity index (χ1v) is 9.54. The normalized spacial score (nSPS) is 10.0. The molecule has 0 saturated heterocycles. The molecule has 2 rings (SSSR count). The van der Waals surface area contributed by atoms with Crippen LogP contribution >= 0.6 is 0 Å². The van der Waals surface area contributed by atoms with Gasteiger partial charge in [-0.05, 0) is 31.9 Å². The number of aromatic nitrogens is 3. The SMILES string of the molecule is CC.CCOC(=O)CCCCCCN(c1ccccn1)c1ccn(C)n1. The molecule has 6 nitrogen and oxygen atoms in total. The van der Waals surface area contributed by atoms with E-state index in [0.717, 1.165) is 43.9 Å². The average Bonchev–Trinajstić information content (AvgIpc) is 3.09. The van der Waals surface area contributed by atoms with Gasteiger partial charge in [-0.15, -0.1) is 0 Å². The number of nitrogens with zero attached hydrogens (tertiary/aromatic N) is 4. The second-order valence-corrected chi connectivity index (χ2v) is 5.66. The van der Waals surface area contributed by atoms with E-state index >= 15 is 0 Å². The third-order valence-electron chi connectivity index (χ3n) is 3.72. The molecule has 0 aliphatic heterocycles. The van der Waals surface area contributed by atoms with Crippen molar-refractivity contribution in [1.29, 1.82) is 0 Å². The van der Waals surface area contributed by atoms with E-state index in [4.69, 9.17) is 4.74 Å². The van der Waals surface area contributed by atoms with Gasteiger partial charge in [0, 0.05) is 38.5 Å². The zero-order valence-corrected chi connectivity index (χ0v) is 16.5. The summed E-state index contributed by atoms with van der Waals surface area (Å²) in [6.07, 6.45) is 8.24. The van der Waals surface area contributed by atoms with Gasteiger partial charge < -0.3 is 9.64 Å². The van der Waals surface area contributed by atoms with Gasteiger partial charge in [-0.2, -0.15) is 5.10 Å². The first-order valence-electron chi connectivity index (χ1n) is 9.54. The summed E-state index contributed by atoms with van der Waals surface area (Å²) in [5.74, 6) is 1.71. The summed E-state index contributed by atoms with van der Waals surface area (Å²) in [7, 11) is 1.91. The Bertz CT molecular complexity index is 613. The Labute approximate surface area is 157 Å². The fraction of sp³-hybridized carbons (Fsp3) is 0.550. The predicted molar refractivity (Wildman–Crippen MR) is 106 cm³/mol. The molecule has 0 amide bonds. The molecule has 0 fully saturated rings. The van der Waals surface area contributed by atoms with Gasteiger partial charge >= 0.3 is 5.97 Å². The summed E-state index contributed by atoms with van der Waals surface area (Å²) in [5, 5.41) is 4.49. The smallest absolute Gasteiger partial charge is 0.305 e. The van der Waals surface area contributed by atoms with Crippen molar-refractivity contribution in [3.63, 3.8) is 0 Å². The van der Waals surface area contributed by atoms with Crippen molar-refractivity contribution < 1.29 is 9.53 Å². The minimum atomic E-state index is -0.0962. The molecule has 144 valence electrons. The van der Waals surface area contributed by atoms with E-state index in [0.29, 0.717) is 13.0 Å². The highest BCUT2D eigenvalue weighted by Gasteiger charge is 2.12. The Morgan fingerprint density at radius 2 is 1.88 bits per heavy atom. The molecule has 0 N–H and O–H groups in total. The van der Waals surface area contributed by atoms with E-state index < -0.39 is 0 Å². The highest BCUT2D eigenvalue weighted by molar-refractivity contribution is 5.69. The highest BCUT2D eigenvalue weighted by Crippen LogP contribution is 2.22. The third kappa shape index (κ3) is 7.68. The molecule has 2 aromatic rings. The lowest BCUT2D eigenvalue weighted by atomic mass is 10.1. The summed E-state index contributed by atoms with van der Waals surface area (Å²) in [5.41, 5.74) is 0. The summed E-state index contributed by atoms with van der Waals surface area (Å²) in [6.45, 7) is 7.15. The van der Waals surface area contributed by atoms with Crippen LogP contribution in [0.3, 0.4) is 0 Å². The monoisotopic (exact) mass is 360 g/mol. The summed E-state index contributed by atoms with van der Waals surface area (Å²) >= 11 is 0. The minimum Gasteiger partial charge on any atom is -0.466 e. The van der Waals surface area contributed by atoms with Gasteiger partial charge in [0.2, 0.25) is 0 Å². The summed E-state index contributed by atoms with van der Waals surface area (Å²) in [4.78, 5) is 17.9. The standard InChI is InChI=1S/C18H26N4O2.C2H6/c1-3-24-18(23)11-6-4-5-9-14-22(16-10-7-8-13-19-16)17-12-15-21(2)20-17;1-2/h7-8,10,12-13,15H,3-6,9,11,14H2,1-2H3;1-2H3. The molecule has 0 atom stereocenters. The highest BCUT2D eigenvalue weighted by atomic mass is 16.5. The van der Waals surface area contributed by atoms with E-state index in [1.54, 1.807) is 10.9 Å². The van der Waals surface area contributed by atoms with E-state index in [1.807, 2.05) is 58.3 Å². The van der Waals surface area contributed by atoms with Crippen LogP contribution in [0.5, 0.6) is 0 Å². The number of hydrogen-bond acceptors (Lipinski definition) is 5. The number of carbonyl (C=O) groups is 1. The van der Waals surface area contributed by atoms with Crippen molar-refractivity contribution in [3.05, 3.63) is 36.7 Å². The van der Waals surface area contributed by atoms with Gasteiger partial charge in [-0.1, -0.05) is 32.8 Å². The van der Waals surface area contributed by atoms with Crippen LogP contribution in [0, 0.1) is 0 Å². The summed E-state index contributed by atoms with van der Waals surface area (Å²) in [6, 6.07) is 7.89. The molecule has 0 radical (unpaired) electrons. The Morgan fingerprint density at radius 1 is 1.12 bits per heavy atom.